The normalized spacial score (nSPS) is 18.4. The van der Waals surface area contributed by atoms with Crippen molar-refractivity contribution in [3.63, 3.8) is 0 Å². The van der Waals surface area contributed by atoms with Gasteiger partial charge in [0.15, 0.2) is 0 Å². The molecule has 1 fully saturated rings. The zero-order valence-corrected chi connectivity index (χ0v) is 17.1. The number of aryl methyl sites for hydroxylation is 2. The van der Waals surface area contributed by atoms with Crippen LogP contribution in [0.2, 0.25) is 0 Å². The van der Waals surface area contributed by atoms with Crippen LogP contribution in [0, 0.1) is 0 Å². The summed E-state index contributed by atoms with van der Waals surface area (Å²) in [4.78, 5) is 19.1. The van der Waals surface area contributed by atoms with Crippen molar-refractivity contribution in [1.29, 1.82) is 0 Å². The van der Waals surface area contributed by atoms with E-state index in [1.165, 1.54) is 41.8 Å². The van der Waals surface area contributed by atoms with E-state index >= 15 is 0 Å². The van der Waals surface area contributed by atoms with Gasteiger partial charge in [-0.25, -0.2) is 0 Å². The lowest BCUT2D eigenvalue weighted by atomic mass is 10.1. The molecule has 156 valence electrons. The van der Waals surface area contributed by atoms with Crippen LogP contribution in [0.4, 0.5) is 13.2 Å². The molecule has 1 aliphatic carbocycles. The standard InChI is InChI=1S/C22H25F3N2OS/c23-22(24,25)18-7-4-5-16(13-18)15-26-9-11-27(12-10-26)21(28)20-14-17-6-2-1-3-8-19(17)29-20/h4-5,7,13-14H,1-3,6,8-12,15H2. The molecule has 2 aromatic rings. The zero-order valence-electron chi connectivity index (χ0n) is 16.3. The largest absolute Gasteiger partial charge is 0.416 e. The molecule has 3 nitrogen and oxygen atoms in total. The molecule has 1 aliphatic heterocycles. The molecule has 2 aliphatic rings. The van der Waals surface area contributed by atoms with Crippen molar-refractivity contribution >= 4 is 17.2 Å². The maximum Gasteiger partial charge on any atom is 0.416 e. The topological polar surface area (TPSA) is 23.6 Å². The second kappa shape index (κ2) is 8.48. The minimum absolute atomic E-state index is 0.0989. The van der Waals surface area contributed by atoms with Crippen molar-refractivity contribution in [1.82, 2.24) is 9.80 Å². The van der Waals surface area contributed by atoms with E-state index in [1.807, 2.05) is 4.90 Å². The number of fused-ring (bicyclic) bond motifs is 1. The number of rotatable bonds is 3. The summed E-state index contributed by atoms with van der Waals surface area (Å²) in [5.74, 6) is 0.0989. The first kappa shape index (κ1) is 20.4. The van der Waals surface area contributed by atoms with Crippen LogP contribution in [-0.2, 0) is 25.6 Å². The molecule has 1 saturated heterocycles. The van der Waals surface area contributed by atoms with Crippen molar-refractivity contribution in [3.8, 4) is 0 Å². The summed E-state index contributed by atoms with van der Waals surface area (Å²) in [5.41, 5.74) is 1.39. The number of amides is 1. The average molecular weight is 423 g/mol. The first-order valence-electron chi connectivity index (χ1n) is 10.2. The van der Waals surface area contributed by atoms with E-state index < -0.39 is 11.7 Å². The predicted molar refractivity (Wildman–Crippen MR) is 108 cm³/mol. The van der Waals surface area contributed by atoms with Gasteiger partial charge in [0.1, 0.15) is 0 Å². The molecule has 29 heavy (non-hydrogen) atoms. The van der Waals surface area contributed by atoms with Crippen LogP contribution in [0.25, 0.3) is 0 Å². The summed E-state index contributed by atoms with van der Waals surface area (Å²) in [7, 11) is 0. The van der Waals surface area contributed by atoms with Gasteiger partial charge in [-0.3, -0.25) is 9.69 Å². The number of nitrogens with zero attached hydrogens (tertiary/aromatic N) is 2. The number of hydrogen-bond acceptors (Lipinski definition) is 3. The Hall–Kier alpha value is -1.86. The second-order valence-corrected chi connectivity index (χ2v) is 9.02. The van der Waals surface area contributed by atoms with E-state index in [9.17, 15) is 18.0 Å². The summed E-state index contributed by atoms with van der Waals surface area (Å²) >= 11 is 1.65. The summed E-state index contributed by atoms with van der Waals surface area (Å²) in [6.07, 6.45) is 1.50. The Morgan fingerprint density at radius 1 is 1.00 bits per heavy atom. The van der Waals surface area contributed by atoms with E-state index in [-0.39, 0.29) is 5.91 Å². The Morgan fingerprint density at radius 2 is 1.76 bits per heavy atom. The summed E-state index contributed by atoms with van der Waals surface area (Å²) in [6.45, 7) is 3.04. The molecule has 0 spiro atoms. The number of halogens is 3. The highest BCUT2D eigenvalue weighted by molar-refractivity contribution is 7.14. The highest BCUT2D eigenvalue weighted by Crippen LogP contribution is 2.31. The minimum atomic E-state index is -4.32. The molecule has 0 bridgehead atoms. The third-order valence-electron chi connectivity index (χ3n) is 5.78. The van der Waals surface area contributed by atoms with Gasteiger partial charge in [-0.2, -0.15) is 13.2 Å². The van der Waals surface area contributed by atoms with E-state index in [1.54, 1.807) is 17.4 Å². The third kappa shape index (κ3) is 4.83. The van der Waals surface area contributed by atoms with Gasteiger partial charge in [-0.05, 0) is 48.9 Å². The molecule has 1 aromatic heterocycles. The Kier molecular flexibility index (Phi) is 5.97. The molecule has 1 aromatic carbocycles. The highest BCUT2D eigenvalue weighted by atomic mass is 32.1. The van der Waals surface area contributed by atoms with Gasteiger partial charge in [0.2, 0.25) is 0 Å². The Balaban J connectivity index is 1.34. The van der Waals surface area contributed by atoms with E-state index in [2.05, 4.69) is 11.0 Å². The van der Waals surface area contributed by atoms with Crippen molar-refractivity contribution in [2.75, 3.05) is 26.2 Å². The van der Waals surface area contributed by atoms with Crippen LogP contribution in [-0.4, -0.2) is 41.9 Å². The van der Waals surface area contributed by atoms with Gasteiger partial charge >= 0.3 is 6.18 Å². The smallest absolute Gasteiger partial charge is 0.335 e. The molecule has 7 heteroatoms. The van der Waals surface area contributed by atoms with Crippen molar-refractivity contribution < 1.29 is 18.0 Å². The van der Waals surface area contributed by atoms with E-state index in [0.29, 0.717) is 38.3 Å². The molecule has 0 saturated carbocycles. The monoisotopic (exact) mass is 422 g/mol. The number of piperazine rings is 1. The van der Waals surface area contributed by atoms with Crippen molar-refractivity contribution in [3.05, 3.63) is 56.8 Å². The van der Waals surface area contributed by atoms with E-state index in [0.717, 1.165) is 23.8 Å². The highest BCUT2D eigenvalue weighted by Gasteiger charge is 2.31. The van der Waals surface area contributed by atoms with Crippen molar-refractivity contribution in [2.24, 2.45) is 0 Å². The van der Waals surface area contributed by atoms with Gasteiger partial charge in [-0.15, -0.1) is 11.3 Å². The second-order valence-electron chi connectivity index (χ2n) is 7.89. The van der Waals surface area contributed by atoms with Crippen LogP contribution < -0.4 is 0 Å². The molecule has 1 amide bonds. The Morgan fingerprint density at radius 3 is 2.52 bits per heavy atom. The average Bonchev–Trinajstić information content (AvgIpc) is 2.98. The quantitative estimate of drug-likeness (QED) is 0.651. The number of thiophene rings is 1. The lowest BCUT2D eigenvalue weighted by molar-refractivity contribution is -0.137. The number of benzene rings is 1. The summed E-state index contributed by atoms with van der Waals surface area (Å²) in [5, 5.41) is 0. The number of hydrogen-bond donors (Lipinski definition) is 0. The maximum atomic E-state index is 12.9. The maximum absolute atomic E-state index is 12.9. The summed E-state index contributed by atoms with van der Waals surface area (Å²) in [6, 6.07) is 7.59. The first-order valence-corrected chi connectivity index (χ1v) is 11.0. The number of carbonyl (C=O) groups excluding carboxylic acids is 1. The van der Waals surface area contributed by atoms with E-state index in [4.69, 9.17) is 0 Å². The van der Waals surface area contributed by atoms with Gasteiger partial charge in [-0.1, -0.05) is 24.6 Å². The van der Waals surface area contributed by atoms with Crippen LogP contribution in [0.3, 0.4) is 0 Å². The van der Waals surface area contributed by atoms with Crippen LogP contribution in [0.15, 0.2) is 30.3 Å². The minimum Gasteiger partial charge on any atom is -0.335 e. The SMILES string of the molecule is O=C(c1cc2c(s1)CCCCC2)N1CCN(Cc2cccc(C(F)(F)F)c2)CC1. The van der Waals surface area contributed by atoms with Crippen LogP contribution in [0.5, 0.6) is 0 Å². The third-order valence-corrected chi connectivity index (χ3v) is 7.00. The summed E-state index contributed by atoms with van der Waals surface area (Å²) < 4.78 is 38.7. The molecule has 0 N–H and O–H groups in total. The fraction of sp³-hybridized carbons (Fsp3) is 0.500. The van der Waals surface area contributed by atoms with Gasteiger partial charge in [0.25, 0.3) is 5.91 Å². The molecule has 4 rings (SSSR count). The Bertz CT molecular complexity index is 846. The number of carbonyl (C=O) groups is 1. The first-order chi connectivity index (χ1) is 13.9. The molecule has 0 unspecified atom stereocenters. The van der Waals surface area contributed by atoms with Crippen LogP contribution >= 0.6 is 11.3 Å². The van der Waals surface area contributed by atoms with Gasteiger partial charge in [0.05, 0.1) is 10.4 Å². The zero-order chi connectivity index (χ0) is 20.4. The fourth-order valence-electron chi connectivity index (χ4n) is 4.14. The molecule has 0 atom stereocenters. The van der Waals surface area contributed by atoms with Gasteiger partial charge in [0, 0.05) is 37.6 Å². The predicted octanol–water partition coefficient (Wildman–Crippen LogP) is 4.99. The molecule has 0 radical (unpaired) electrons. The van der Waals surface area contributed by atoms with Crippen LogP contribution in [0.1, 0.15) is 50.5 Å². The fourth-order valence-corrected chi connectivity index (χ4v) is 5.36. The molecular weight excluding hydrogens is 397 g/mol. The van der Waals surface area contributed by atoms with Crippen molar-refractivity contribution in [2.45, 2.75) is 44.8 Å². The Labute approximate surface area is 173 Å². The van der Waals surface area contributed by atoms with Gasteiger partial charge < -0.3 is 4.90 Å². The lowest BCUT2D eigenvalue weighted by Gasteiger charge is -2.34. The number of alkyl halides is 3. The lowest BCUT2D eigenvalue weighted by Crippen LogP contribution is -2.48. The molecule has 2 heterocycles. The molecular formula is C22H25F3N2OS.